The Bertz CT molecular complexity index is 547. The molecule has 0 bridgehead atoms. The second kappa shape index (κ2) is 5.36. The van der Waals surface area contributed by atoms with Gasteiger partial charge in [-0.05, 0) is 42.0 Å². The molecule has 3 rings (SSSR count). The number of aromatic nitrogens is 4. The number of hydrogen-bond acceptors (Lipinski definition) is 5. The fraction of sp³-hybridized carbons (Fsp3) is 0.462. The zero-order chi connectivity index (χ0) is 13.1. The van der Waals surface area contributed by atoms with E-state index in [1.165, 1.54) is 0 Å². The summed E-state index contributed by atoms with van der Waals surface area (Å²) in [7, 11) is 0. The summed E-state index contributed by atoms with van der Waals surface area (Å²) in [4.78, 5) is 0. The van der Waals surface area contributed by atoms with Gasteiger partial charge in [0.15, 0.2) is 5.82 Å². The molecule has 1 aliphatic rings. The van der Waals surface area contributed by atoms with Crippen molar-refractivity contribution in [2.24, 2.45) is 5.92 Å². The highest BCUT2D eigenvalue weighted by Gasteiger charge is 2.15. The third-order valence-electron chi connectivity index (χ3n) is 3.33. The van der Waals surface area contributed by atoms with Crippen LogP contribution in [0.1, 0.15) is 12.2 Å². The number of rotatable bonds is 4. The number of anilines is 1. The summed E-state index contributed by atoms with van der Waals surface area (Å²) in [5, 5.41) is 15.0. The van der Waals surface area contributed by atoms with Gasteiger partial charge in [-0.15, -0.1) is 5.10 Å². The molecule has 1 aliphatic heterocycles. The molecule has 2 aromatic rings. The predicted molar refractivity (Wildman–Crippen MR) is 71.3 cm³/mol. The Hall–Kier alpha value is -1.95. The highest BCUT2D eigenvalue weighted by molar-refractivity contribution is 5.51. The van der Waals surface area contributed by atoms with E-state index in [0.29, 0.717) is 5.92 Å². The van der Waals surface area contributed by atoms with Gasteiger partial charge in [-0.3, -0.25) is 0 Å². The van der Waals surface area contributed by atoms with Crippen LogP contribution in [0.5, 0.6) is 0 Å². The molecule has 1 aromatic heterocycles. The van der Waals surface area contributed by atoms with Gasteiger partial charge in [0.1, 0.15) is 0 Å². The third-order valence-corrected chi connectivity index (χ3v) is 3.33. The monoisotopic (exact) mass is 259 g/mol. The number of tetrazole rings is 1. The summed E-state index contributed by atoms with van der Waals surface area (Å²) >= 11 is 0. The van der Waals surface area contributed by atoms with Gasteiger partial charge in [0.25, 0.3) is 0 Å². The maximum absolute atomic E-state index is 5.37. The van der Waals surface area contributed by atoms with E-state index in [9.17, 15) is 0 Å². The number of benzene rings is 1. The largest absolute Gasteiger partial charge is 0.385 e. The van der Waals surface area contributed by atoms with Crippen molar-refractivity contribution in [1.82, 2.24) is 20.2 Å². The number of nitrogens with zero attached hydrogens (tertiary/aromatic N) is 4. The van der Waals surface area contributed by atoms with Crippen molar-refractivity contribution in [3.8, 4) is 5.69 Å². The molecule has 100 valence electrons. The number of nitrogens with one attached hydrogen (secondary N) is 1. The van der Waals surface area contributed by atoms with E-state index in [4.69, 9.17) is 4.74 Å². The fourth-order valence-corrected chi connectivity index (χ4v) is 2.22. The first-order chi connectivity index (χ1) is 9.33. The van der Waals surface area contributed by atoms with Crippen LogP contribution in [-0.2, 0) is 4.74 Å². The van der Waals surface area contributed by atoms with E-state index in [0.717, 1.165) is 43.4 Å². The molecule has 1 N–H and O–H groups in total. The minimum Gasteiger partial charge on any atom is -0.385 e. The molecule has 1 fully saturated rings. The second-order valence-corrected chi connectivity index (χ2v) is 4.80. The lowest BCUT2D eigenvalue weighted by Crippen LogP contribution is -2.14. The lowest BCUT2D eigenvalue weighted by atomic mass is 10.1. The first-order valence-electron chi connectivity index (χ1n) is 6.50. The van der Waals surface area contributed by atoms with E-state index < -0.39 is 0 Å². The lowest BCUT2D eigenvalue weighted by molar-refractivity contribution is 0.187. The molecule has 6 nitrogen and oxygen atoms in total. The Balaban J connectivity index is 1.71. The van der Waals surface area contributed by atoms with Crippen LogP contribution in [0.25, 0.3) is 5.69 Å². The van der Waals surface area contributed by atoms with E-state index in [2.05, 4.69) is 33.0 Å². The van der Waals surface area contributed by atoms with Crippen LogP contribution in [-0.4, -0.2) is 40.0 Å². The molecule has 0 amide bonds. The fourth-order valence-electron chi connectivity index (χ4n) is 2.22. The van der Waals surface area contributed by atoms with Crippen LogP contribution in [0.4, 0.5) is 5.69 Å². The molecule has 1 unspecified atom stereocenters. The van der Waals surface area contributed by atoms with Crippen LogP contribution in [0, 0.1) is 12.8 Å². The zero-order valence-electron chi connectivity index (χ0n) is 10.9. The molecule has 1 atom stereocenters. The molecule has 0 saturated carbocycles. The standard InChI is InChI=1S/C13H17N5O/c1-10-15-16-17-18(10)13-4-2-3-12(7-13)14-8-11-5-6-19-9-11/h2-4,7,11,14H,5-6,8-9H2,1H3. The van der Waals surface area contributed by atoms with Crippen molar-refractivity contribution in [1.29, 1.82) is 0 Å². The average Bonchev–Trinajstić information content (AvgIpc) is 3.08. The molecule has 0 radical (unpaired) electrons. The third kappa shape index (κ3) is 2.73. The zero-order valence-corrected chi connectivity index (χ0v) is 10.9. The molecule has 6 heteroatoms. The van der Waals surface area contributed by atoms with Crippen molar-refractivity contribution < 1.29 is 4.74 Å². The Morgan fingerprint density at radius 3 is 3.16 bits per heavy atom. The molecule has 19 heavy (non-hydrogen) atoms. The summed E-state index contributed by atoms with van der Waals surface area (Å²) in [6, 6.07) is 8.11. The molecule has 1 aromatic carbocycles. The van der Waals surface area contributed by atoms with Gasteiger partial charge in [-0.25, -0.2) is 0 Å². The second-order valence-electron chi connectivity index (χ2n) is 4.80. The number of aryl methyl sites for hydroxylation is 1. The Labute approximate surface area is 111 Å². The van der Waals surface area contributed by atoms with Gasteiger partial charge in [-0.1, -0.05) is 6.07 Å². The number of hydrogen-bond donors (Lipinski definition) is 1. The van der Waals surface area contributed by atoms with Crippen LogP contribution in [0.15, 0.2) is 24.3 Å². The van der Waals surface area contributed by atoms with Gasteiger partial charge >= 0.3 is 0 Å². The summed E-state index contributed by atoms with van der Waals surface area (Å²) < 4.78 is 7.10. The highest BCUT2D eigenvalue weighted by atomic mass is 16.5. The Kier molecular flexibility index (Phi) is 3.41. The van der Waals surface area contributed by atoms with Gasteiger partial charge in [0, 0.05) is 24.8 Å². The van der Waals surface area contributed by atoms with Gasteiger partial charge in [-0.2, -0.15) is 4.68 Å². The molecule has 0 aliphatic carbocycles. The first kappa shape index (κ1) is 12.1. The van der Waals surface area contributed by atoms with Gasteiger partial charge < -0.3 is 10.1 Å². The van der Waals surface area contributed by atoms with E-state index in [1.807, 2.05) is 19.1 Å². The van der Waals surface area contributed by atoms with Crippen LogP contribution in [0.3, 0.4) is 0 Å². The topological polar surface area (TPSA) is 64.9 Å². The highest BCUT2D eigenvalue weighted by Crippen LogP contribution is 2.17. The summed E-state index contributed by atoms with van der Waals surface area (Å²) in [5.41, 5.74) is 2.05. The van der Waals surface area contributed by atoms with Crippen molar-refractivity contribution in [2.45, 2.75) is 13.3 Å². The summed E-state index contributed by atoms with van der Waals surface area (Å²) in [5.74, 6) is 1.39. The van der Waals surface area contributed by atoms with Crippen molar-refractivity contribution in [3.63, 3.8) is 0 Å². The van der Waals surface area contributed by atoms with Crippen LogP contribution >= 0.6 is 0 Å². The first-order valence-corrected chi connectivity index (χ1v) is 6.50. The lowest BCUT2D eigenvalue weighted by Gasteiger charge is -2.11. The molecular weight excluding hydrogens is 242 g/mol. The van der Waals surface area contributed by atoms with E-state index >= 15 is 0 Å². The molecular formula is C13H17N5O. The molecule has 2 heterocycles. The molecule has 0 spiro atoms. The van der Waals surface area contributed by atoms with E-state index in [1.54, 1.807) is 4.68 Å². The minimum absolute atomic E-state index is 0.610. The summed E-state index contributed by atoms with van der Waals surface area (Å²) in [6.45, 7) is 4.57. The maximum Gasteiger partial charge on any atom is 0.153 e. The molecule has 1 saturated heterocycles. The number of ether oxygens (including phenoxy) is 1. The van der Waals surface area contributed by atoms with Crippen molar-refractivity contribution >= 4 is 5.69 Å². The Morgan fingerprint density at radius 1 is 1.47 bits per heavy atom. The van der Waals surface area contributed by atoms with Crippen molar-refractivity contribution in [3.05, 3.63) is 30.1 Å². The van der Waals surface area contributed by atoms with Gasteiger partial charge in [0.2, 0.25) is 0 Å². The Morgan fingerprint density at radius 2 is 2.42 bits per heavy atom. The maximum atomic E-state index is 5.37. The van der Waals surface area contributed by atoms with Crippen molar-refractivity contribution in [2.75, 3.05) is 25.1 Å². The SMILES string of the molecule is Cc1nnnn1-c1cccc(NCC2CCOC2)c1. The van der Waals surface area contributed by atoms with Gasteiger partial charge in [0.05, 0.1) is 12.3 Å². The predicted octanol–water partition coefficient (Wildman–Crippen LogP) is 1.42. The minimum atomic E-state index is 0.610. The van der Waals surface area contributed by atoms with Crippen LogP contribution < -0.4 is 5.32 Å². The normalized spacial score (nSPS) is 18.7. The summed E-state index contributed by atoms with van der Waals surface area (Å²) in [6.07, 6.45) is 1.14. The van der Waals surface area contributed by atoms with Crippen LogP contribution in [0.2, 0.25) is 0 Å². The smallest absolute Gasteiger partial charge is 0.153 e. The quantitative estimate of drug-likeness (QED) is 0.899. The van der Waals surface area contributed by atoms with E-state index in [-0.39, 0.29) is 0 Å². The average molecular weight is 259 g/mol.